The molecule has 0 amide bonds. The number of nitrogens with two attached hydrogens (primary N) is 1. The zero-order chi connectivity index (χ0) is 14.9. The molecule has 2 N–H and O–H groups in total. The monoisotopic (exact) mass is 311 g/mol. The molecule has 0 fully saturated rings. The second kappa shape index (κ2) is 5.41. The fourth-order valence-corrected chi connectivity index (χ4v) is 4.88. The average molecular weight is 311 g/mol. The van der Waals surface area contributed by atoms with Crippen molar-refractivity contribution in [3.05, 3.63) is 35.5 Å². The maximum absolute atomic E-state index is 12.8. The normalized spacial score (nSPS) is 11.6. The Hall–Kier alpha value is -1.60. The minimum absolute atomic E-state index is 0.207. The van der Waals surface area contributed by atoms with Crippen LogP contribution in [0.5, 0.6) is 0 Å². The van der Waals surface area contributed by atoms with Gasteiger partial charge in [-0.25, -0.2) is 13.4 Å². The van der Waals surface area contributed by atoms with E-state index >= 15 is 0 Å². The van der Waals surface area contributed by atoms with Crippen LogP contribution in [-0.4, -0.2) is 19.9 Å². The Morgan fingerprint density at radius 2 is 2.05 bits per heavy atom. The highest BCUT2D eigenvalue weighted by Crippen LogP contribution is 2.31. The summed E-state index contributed by atoms with van der Waals surface area (Å²) < 4.78 is 27.1. The molecule has 1 heterocycles. The van der Waals surface area contributed by atoms with Crippen LogP contribution in [-0.2, 0) is 10.0 Å². The molecule has 0 saturated heterocycles. The second-order valence-electron chi connectivity index (χ2n) is 4.43. The number of sulfonamides is 1. The molecule has 1 aromatic heterocycles. The van der Waals surface area contributed by atoms with E-state index in [-0.39, 0.29) is 9.34 Å². The van der Waals surface area contributed by atoms with Gasteiger partial charge in [0.1, 0.15) is 0 Å². The predicted octanol–water partition coefficient (Wildman–Crippen LogP) is 2.56. The summed E-state index contributed by atoms with van der Waals surface area (Å²) in [5, 5.41) is 0.265. The molecule has 0 atom stereocenters. The van der Waals surface area contributed by atoms with E-state index in [0.29, 0.717) is 17.9 Å². The number of benzene rings is 1. The topological polar surface area (TPSA) is 76.3 Å². The van der Waals surface area contributed by atoms with Crippen molar-refractivity contribution in [3.8, 4) is 0 Å². The quantitative estimate of drug-likeness (QED) is 0.941. The van der Waals surface area contributed by atoms with Crippen molar-refractivity contribution in [2.24, 2.45) is 0 Å². The SMILES string of the molecule is CCN(c1cccc(C)c1)S(=O)(=O)c1sc(N)nc1C. The van der Waals surface area contributed by atoms with Crippen molar-refractivity contribution in [2.75, 3.05) is 16.6 Å². The van der Waals surface area contributed by atoms with Crippen molar-refractivity contribution in [3.63, 3.8) is 0 Å². The molecular weight excluding hydrogens is 294 g/mol. The molecule has 0 aliphatic heterocycles. The Kier molecular flexibility index (Phi) is 4.01. The van der Waals surface area contributed by atoms with Crippen molar-refractivity contribution in [2.45, 2.75) is 25.0 Å². The zero-order valence-electron chi connectivity index (χ0n) is 11.6. The lowest BCUT2D eigenvalue weighted by atomic mass is 10.2. The second-order valence-corrected chi connectivity index (χ2v) is 7.52. The highest BCUT2D eigenvalue weighted by atomic mass is 32.2. The van der Waals surface area contributed by atoms with Crippen molar-refractivity contribution >= 4 is 32.2 Å². The van der Waals surface area contributed by atoms with Crippen LogP contribution in [0.3, 0.4) is 0 Å². The number of rotatable bonds is 4. The number of nitrogens with zero attached hydrogens (tertiary/aromatic N) is 2. The lowest BCUT2D eigenvalue weighted by molar-refractivity contribution is 0.593. The number of aryl methyl sites for hydroxylation is 2. The Bertz CT molecular complexity index is 723. The van der Waals surface area contributed by atoms with E-state index < -0.39 is 10.0 Å². The lowest BCUT2D eigenvalue weighted by Crippen LogP contribution is -2.30. The molecule has 108 valence electrons. The largest absolute Gasteiger partial charge is 0.375 e. The number of thiazole rings is 1. The number of anilines is 2. The molecule has 0 spiro atoms. The molecule has 1 aromatic carbocycles. The fraction of sp³-hybridized carbons (Fsp3) is 0.308. The van der Waals surface area contributed by atoms with Crippen LogP contribution in [0.4, 0.5) is 10.8 Å². The van der Waals surface area contributed by atoms with E-state index in [2.05, 4.69) is 4.98 Å². The van der Waals surface area contributed by atoms with E-state index in [4.69, 9.17) is 5.73 Å². The summed E-state index contributed by atoms with van der Waals surface area (Å²) in [6, 6.07) is 7.41. The summed E-state index contributed by atoms with van der Waals surface area (Å²) in [6.45, 7) is 5.74. The van der Waals surface area contributed by atoms with Gasteiger partial charge in [0.15, 0.2) is 9.34 Å². The highest BCUT2D eigenvalue weighted by molar-refractivity contribution is 7.94. The molecule has 2 aromatic rings. The van der Waals surface area contributed by atoms with Crippen LogP contribution in [0.25, 0.3) is 0 Å². The Morgan fingerprint density at radius 1 is 1.35 bits per heavy atom. The summed E-state index contributed by atoms with van der Waals surface area (Å²) in [5.74, 6) is 0. The third kappa shape index (κ3) is 2.64. The average Bonchev–Trinajstić information content (AvgIpc) is 2.70. The van der Waals surface area contributed by atoms with E-state index in [1.54, 1.807) is 19.9 Å². The fourth-order valence-electron chi connectivity index (χ4n) is 2.02. The molecule has 5 nitrogen and oxygen atoms in total. The van der Waals surface area contributed by atoms with Gasteiger partial charge >= 0.3 is 0 Å². The summed E-state index contributed by atoms with van der Waals surface area (Å²) in [6.07, 6.45) is 0. The maximum Gasteiger partial charge on any atom is 0.275 e. The lowest BCUT2D eigenvalue weighted by Gasteiger charge is -2.22. The molecule has 0 saturated carbocycles. The van der Waals surface area contributed by atoms with Gasteiger partial charge in [0.05, 0.1) is 11.4 Å². The number of aromatic nitrogens is 1. The first-order chi connectivity index (χ1) is 9.36. The molecular formula is C13H17N3O2S2. The van der Waals surface area contributed by atoms with Gasteiger partial charge in [0, 0.05) is 6.54 Å². The number of nitrogen functional groups attached to an aromatic ring is 1. The van der Waals surface area contributed by atoms with Crippen molar-refractivity contribution in [1.29, 1.82) is 0 Å². The van der Waals surface area contributed by atoms with Gasteiger partial charge in [-0.1, -0.05) is 23.5 Å². The van der Waals surface area contributed by atoms with E-state index in [0.717, 1.165) is 16.9 Å². The third-order valence-corrected chi connectivity index (χ3v) is 6.35. The van der Waals surface area contributed by atoms with Gasteiger partial charge in [-0.3, -0.25) is 4.31 Å². The Morgan fingerprint density at radius 3 is 2.55 bits per heavy atom. The first-order valence-electron chi connectivity index (χ1n) is 6.18. The van der Waals surface area contributed by atoms with Crippen LogP contribution in [0.15, 0.2) is 28.5 Å². The number of hydrogen-bond acceptors (Lipinski definition) is 5. The Balaban J connectivity index is 2.53. The highest BCUT2D eigenvalue weighted by Gasteiger charge is 2.28. The van der Waals surface area contributed by atoms with E-state index in [1.165, 1.54) is 4.31 Å². The summed E-state index contributed by atoms with van der Waals surface area (Å²) >= 11 is 1.00. The van der Waals surface area contributed by atoms with Crippen LogP contribution in [0, 0.1) is 13.8 Å². The van der Waals surface area contributed by atoms with Crippen LogP contribution < -0.4 is 10.0 Å². The molecule has 0 unspecified atom stereocenters. The van der Waals surface area contributed by atoms with E-state index in [1.807, 2.05) is 25.1 Å². The number of hydrogen-bond donors (Lipinski definition) is 1. The molecule has 20 heavy (non-hydrogen) atoms. The van der Waals surface area contributed by atoms with Gasteiger partial charge < -0.3 is 5.73 Å². The van der Waals surface area contributed by atoms with E-state index in [9.17, 15) is 8.42 Å². The maximum atomic E-state index is 12.8. The molecule has 0 aliphatic rings. The van der Waals surface area contributed by atoms with Crippen LogP contribution in [0.1, 0.15) is 18.2 Å². The van der Waals surface area contributed by atoms with Gasteiger partial charge in [0.2, 0.25) is 0 Å². The summed E-state index contributed by atoms with van der Waals surface area (Å²) in [4.78, 5) is 4.00. The van der Waals surface area contributed by atoms with Gasteiger partial charge in [0.25, 0.3) is 10.0 Å². The van der Waals surface area contributed by atoms with Crippen LogP contribution >= 0.6 is 11.3 Å². The molecule has 0 bridgehead atoms. The molecule has 0 radical (unpaired) electrons. The smallest absolute Gasteiger partial charge is 0.275 e. The molecule has 0 aliphatic carbocycles. The Labute approximate surface area is 123 Å². The van der Waals surface area contributed by atoms with Crippen molar-refractivity contribution in [1.82, 2.24) is 4.98 Å². The summed E-state index contributed by atoms with van der Waals surface area (Å²) in [5.41, 5.74) is 7.71. The molecule has 2 rings (SSSR count). The first kappa shape index (κ1) is 14.8. The van der Waals surface area contributed by atoms with Gasteiger partial charge in [-0.15, -0.1) is 0 Å². The van der Waals surface area contributed by atoms with Gasteiger partial charge in [-0.2, -0.15) is 0 Å². The zero-order valence-corrected chi connectivity index (χ0v) is 13.3. The first-order valence-corrected chi connectivity index (χ1v) is 8.44. The van der Waals surface area contributed by atoms with Gasteiger partial charge in [-0.05, 0) is 38.5 Å². The third-order valence-electron chi connectivity index (χ3n) is 2.87. The standard InChI is InChI=1S/C13H17N3O2S2/c1-4-16(11-7-5-6-9(2)8-11)20(17,18)12-10(3)15-13(14)19-12/h5-8H,4H2,1-3H3,(H2,14,15). The van der Waals surface area contributed by atoms with Crippen LogP contribution in [0.2, 0.25) is 0 Å². The predicted molar refractivity (Wildman–Crippen MR) is 82.6 cm³/mol. The molecule has 7 heteroatoms. The minimum Gasteiger partial charge on any atom is -0.375 e. The van der Waals surface area contributed by atoms with Crippen molar-refractivity contribution < 1.29 is 8.42 Å². The summed E-state index contributed by atoms with van der Waals surface area (Å²) in [7, 11) is -3.62. The minimum atomic E-state index is -3.62.